The van der Waals surface area contributed by atoms with Crippen molar-refractivity contribution in [2.45, 2.75) is 46.0 Å². The van der Waals surface area contributed by atoms with Gasteiger partial charge in [0.1, 0.15) is 23.0 Å². The zero-order valence-corrected chi connectivity index (χ0v) is 18.4. The normalized spacial score (nSPS) is 11.3. The van der Waals surface area contributed by atoms with E-state index in [1.165, 1.54) is 12.3 Å². The Bertz CT molecular complexity index is 1280. The van der Waals surface area contributed by atoms with Crippen molar-refractivity contribution in [2.24, 2.45) is 5.92 Å². The van der Waals surface area contributed by atoms with Gasteiger partial charge in [-0.05, 0) is 42.0 Å². The fourth-order valence-electron chi connectivity index (χ4n) is 3.66. The Balaban J connectivity index is 1.88. The molecule has 33 heavy (non-hydrogen) atoms. The predicted molar refractivity (Wildman–Crippen MR) is 119 cm³/mol. The molecule has 9 heteroatoms. The molecular formula is C24H25F2N3O4. The Labute approximate surface area is 188 Å². The minimum Gasteiger partial charge on any atom is -0.423 e. The highest BCUT2D eigenvalue weighted by atomic mass is 19.1. The summed E-state index contributed by atoms with van der Waals surface area (Å²) in [6.07, 6.45) is 2.25. The molecule has 0 atom stereocenters. The third kappa shape index (κ3) is 5.42. The molecule has 2 aromatic heterocycles. The first-order valence-corrected chi connectivity index (χ1v) is 10.6. The zero-order valence-electron chi connectivity index (χ0n) is 18.4. The van der Waals surface area contributed by atoms with Gasteiger partial charge < -0.3 is 10.9 Å². The van der Waals surface area contributed by atoms with E-state index in [2.05, 4.69) is 4.98 Å². The van der Waals surface area contributed by atoms with Crippen molar-refractivity contribution >= 4 is 28.3 Å². The van der Waals surface area contributed by atoms with Gasteiger partial charge in [0.15, 0.2) is 11.4 Å². The van der Waals surface area contributed by atoms with E-state index < -0.39 is 28.5 Å². The van der Waals surface area contributed by atoms with Crippen LogP contribution in [0.5, 0.6) is 0 Å². The summed E-state index contributed by atoms with van der Waals surface area (Å²) >= 11 is 0. The number of Topliss-reactive ketones (excluding diaryl/α,β-unsaturated/α-hetero) is 2. The minimum atomic E-state index is -1.03. The van der Waals surface area contributed by atoms with Crippen LogP contribution < -0.4 is 11.3 Å². The van der Waals surface area contributed by atoms with Crippen LogP contribution in [0.2, 0.25) is 0 Å². The maximum absolute atomic E-state index is 13.9. The zero-order chi connectivity index (χ0) is 24.3. The highest BCUT2D eigenvalue weighted by molar-refractivity contribution is 6.06. The summed E-state index contributed by atoms with van der Waals surface area (Å²) in [6, 6.07) is 4.60. The summed E-state index contributed by atoms with van der Waals surface area (Å²) < 4.78 is 27.2. The lowest BCUT2D eigenvalue weighted by Crippen LogP contribution is -2.28. The molecule has 0 aliphatic rings. The topological polar surface area (TPSA) is 115 Å². The van der Waals surface area contributed by atoms with Gasteiger partial charge in [0.25, 0.3) is 5.56 Å². The summed E-state index contributed by atoms with van der Waals surface area (Å²) in [4.78, 5) is 41.4. The first-order chi connectivity index (χ1) is 15.6. The number of nitrogens with two attached hydrogens (primary N) is 1. The molecule has 174 valence electrons. The van der Waals surface area contributed by atoms with Gasteiger partial charge in [-0.15, -0.1) is 4.73 Å². The van der Waals surface area contributed by atoms with Gasteiger partial charge in [-0.2, -0.15) is 0 Å². The van der Waals surface area contributed by atoms with Crippen molar-refractivity contribution < 1.29 is 23.6 Å². The van der Waals surface area contributed by atoms with Crippen molar-refractivity contribution in [3.63, 3.8) is 0 Å². The Kier molecular flexibility index (Phi) is 7.20. The van der Waals surface area contributed by atoms with Gasteiger partial charge >= 0.3 is 0 Å². The van der Waals surface area contributed by atoms with E-state index in [4.69, 9.17) is 5.73 Å². The molecule has 7 nitrogen and oxygen atoms in total. The molecule has 0 bridgehead atoms. The Morgan fingerprint density at radius 3 is 2.55 bits per heavy atom. The second kappa shape index (κ2) is 9.89. The highest BCUT2D eigenvalue weighted by Gasteiger charge is 2.22. The number of nitrogen functional groups attached to an aromatic ring is 1. The Morgan fingerprint density at radius 2 is 1.88 bits per heavy atom. The fraction of sp³-hybridized carbons (Fsp3) is 0.333. The number of halogens is 2. The van der Waals surface area contributed by atoms with Crippen LogP contribution in [0, 0.1) is 17.6 Å². The second-order valence-corrected chi connectivity index (χ2v) is 8.42. The average Bonchev–Trinajstić information content (AvgIpc) is 2.75. The summed E-state index contributed by atoms with van der Waals surface area (Å²) in [5.41, 5.74) is 5.18. The number of carbonyl (C=O) groups excluding carboxylic acids is 2. The minimum absolute atomic E-state index is 0.0798. The van der Waals surface area contributed by atoms with Crippen LogP contribution >= 0.6 is 0 Å². The molecule has 0 spiro atoms. The van der Waals surface area contributed by atoms with Crippen LogP contribution in [0.3, 0.4) is 0 Å². The molecular weight excluding hydrogens is 432 g/mol. The quantitative estimate of drug-likeness (QED) is 0.372. The molecule has 3 rings (SSSR count). The van der Waals surface area contributed by atoms with Crippen molar-refractivity contribution in [3.8, 4) is 0 Å². The third-order valence-corrected chi connectivity index (χ3v) is 5.33. The molecule has 0 aliphatic heterocycles. The van der Waals surface area contributed by atoms with Crippen LogP contribution in [0.4, 0.5) is 14.5 Å². The number of pyridine rings is 2. The number of carbonyl (C=O) groups is 2. The molecule has 0 saturated heterocycles. The van der Waals surface area contributed by atoms with Crippen molar-refractivity contribution in [2.75, 3.05) is 5.73 Å². The summed E-state index contributed by atoms with van der Waals surface area (Å²) in [7, 11) is 0. The number of fused-ring (bicyclic) bond motifs is 1. The van der Waals surface area contributed by atoms with E-state index in [1.807, 2.05) is 13.8 Å². The fourth-order valence-corrected chi connectivity index (χ4v) is 3.66. The molecule has 0 saturated carbocycles. The van der Waals surface area contributed by atoms with Crippen LogP contribution in [0.25, 0.3) is 11.0 Å². The molecule has 1 aromatic carbocycles. The average molecular weight is 457 g/mol. The monoisotopic (exact) mass is 457 g/mol. The number of benzene rings is 1. The van der Waals surface area contributed by atoms with Gasteiger partial charge in [0.05, 0.1) is 5.69 Å². The number of ketones is 2. The number of hydrogen-bond acceptors (Lipinski definition) is 6. The van der Waals surface area contributed by atoms with E-state index >= 15 is 0 Å². The highest BCUT2D eigenvalue weighted by Crippen LogP contribution is 2.24. The molecule has 3 aromatic rings. The SMILES string of the molecule is CC(C)CC(=O)CCc1cnc2c(c1)c(N)c(C(=O)CCc1ccc(F)cc1F)c(=O)n2O. The van der Waals surface area contributed by atoms with E-state index in [1.54, 1.807) is 6.07 Å². The second-order valence-electron chi connectivity index (χ2n) is 8.42. The lowest BCUT2D eigenvalue weighted by Gasteiger charge is -2.12. The molecule has 0 amide bonds. The lowest BCUT2D eigenvalue weighted by atomic mass is 9.99. The number of aryl methyl sites for hydroxylation is 2. The van der Waals surface area contributed by atoms with Gasteiger partial charge in [-0.3, -0.25) is 14.4 Å². The van der Waals surface area contributed by atoms with Crippen LogP contribution in [-0.2, 0) is 17.6 Å². The van der Waals surface area contributed by atoms with E-state index in [0.717, 1.165) is 6.07 Å². The lowest BCUT2D eigenvalue weighted by molar-refractivity contribution is -0.119. The number of anilines is 1. The number of rotatable bonds is 9. The number of hydrogen-bond donors (Lipinski definition) is 2. The predicted octanol–water partition coefficient (Wildman–Crippen LogP) is 3.86. The molecule has 0 unspecified atom stereocenters. The van der Waals surface area contributed by atoms with Crippen LogP contribution in [0.1, 0.15) is 54.6 Å². The van der Waals surface area contributed by atoms with Gasteiger partial charge in [0, 0.05) is 36.9 Å². The van der Waals surface area contributed by atoms with Gasteiger partial charge in [0.2, 0.25) is 0 Å². The number of nitrogens with zero attached hydrogens (tertiary/aromatic N) is 2. The maximum Gasteiger partial charge on any atom is 0.297 e. The third-order valence-electron chi connectivity index (χ3n) is 5.33. The van der Waals surface area contributed by atoms with Crippen molar-refractivity contribution in [1.82, 2.24) is 9.71 Å². The standard InChI is InChI=1S/C24H25F2N3O4/c1-13(2)9-17(30)7-3-14-10-18-22(27)21(24(32)29(33)23(18)28-12-14)20(31)8-5-15-4-6-16(25)11-19(15)26/h4,6,10-13,33H,3,5,7-9,27H2,1-2H3. The maximum atomic E-state index is 13.9. The Hall–Kier alpha value is -3.62. The van der Waals surface area contributed by atoms with Crippen LogP contribution in [-0.4, -0.2) is 26.5 Å². The summed E-state index contributed by atoms with van der Waals surface area (Å²) in [6.45, 7) is 3.92. The first-order valence-electron chi connectivity index (χ1n) is 10.6. The molecule has 2 heterocycles. The Morgan fingerprint density at radius 1 is 1.15 bits per heavy atom. The smallest absolute Gasteiger partial charge is 0.297 e. The van der Waals surface area contributed by atoms with Crippen molar-refractivity contribution in [3.05, 3.63) is 69.1 Å². The first kappa shape index (κ1) is 24.0. The van der Waals surface area contributed by atoms with Crippen molar-refractivity contribution in [1.29, 1.82) is 0 Å². The molecule has 3 N–H and O–H groups in total. The molecule has 0 fully saturated rings. The van der Waals surface area contributed by atoms with Gasteiger partial charge in [-0.1, -0.05) is 19.9 Å². The summed E-state index contributed by atoms with van der Waals surface area (Å²) in [5.74, 6) is -1.87. The molecule has 0 radical (unpaired) electrons. The van der Waals surface area contributed by atoms with Gasteiger partial charge in [-0.25, -0.2) is 13.8 Å². The number of aromatic nitrogens is 2. The van der Waals surface area contributed by atoms with E-state index in [9.17, 15) is 28.4 Å². The van der Waals surface area contributed by atoms with E-state index in [-0.39, 0.29) is 51.6 Å². The largest absolute Gasteiger partial charge is 0.423 e. The summed E-state index contributed by atoms with van der Waals surface area (Å²) in [5, 5.41) is 10.5. The van der Waals surface area contributed by atoms with E-state index in [0.29, 0.717) is 30.9 Å². The molecule has 0 aliphatic carbocycles. The van der Waals surface area contributed by atoms with Crippen LogP contribution in [0.15, 0.2) is 35.3 Å².